The fraction of sp³-hybridized carbons (Fsp3) is 0.467. The fourth-order valence-electron chi connectivity index (χ4n) is 5.12. The third kappa shape index (κ3) is 7.38. The summed E-state index contributed by atoms with van der Waals surface area (Å²) in [5.41, 5.74) is 1.11. The highest BCUT2D eigenvalue weighted by molar-refractivity contribution is 6.01. The van der Waals surface area contributed by atoms with E-state index in [4.69, 9.17) is 9.47 Å². The number of amides is 4. The Kier molecular flexibility index (Phi) is 9.76. The molecule has 1 saturated heterocycles. The van der Waals surface area contributed by atoms with E-state index in [0.29, 0.717) is 31.9 Å². The van der Waals surface area contributed by atoms with E-state index in [1.54, 1.807) is 34.1 Å². The number of rotatable bonds is 4. The van der Waals surface area contributed by atoms with Gasteiger partial charge in [0.15, 0.2) is 0 Å². The lowest BCUT2D eigenvalue weighted by Crippen LogP contribution is -2.56. The summed E-state index contributed by atoms with van der Waals surface area (Å²) < 4.78 is 11.7. The molecular weight excluding hydrogens is 512 g/mol. The maximum atomic E-state index is 13.8. The van der Waals surface area contributed by atoms with Gasteiger partial charge >= 0.3 is 0 Å². The molecule has 40 heavy (non-hydrogen) atoms. The normalized spacial score (nSPS) is 23.1. The maximum Gasteiger partial charge on any atom is 0.255 e. The predicted octanol–water partition coefficient (Wildman–Crippen LogP) is 2.08. The van der Waals surface area contributed by atoms with Crippen LogP contribution in [0.1, 0.15) is 43.1 Å². The van der Waals surface area contributed by atoms with E-state index in [1.165, 1.54) is 4.90 Å². The first-order chi connectivity index (χ1) is 19.2. The van der Waals surface area contributed by atoms with Crippen LogP contribution in [0.3, 0.4) is 0 Å². The minimum absolute atomic E-state index is 0.154. The largest absolute Gasteiger partial charge is 0.491 e. The zero-order chi connectivity index (χ0) is 28.6. The highest BCUT2D eigenvalue weighted by Gasteiger charge is 2.35. The fourth-order valence-corrected chi connectivity index (χ4v) is 5.12. The van der Waals surface area contributed by atoms with E-state index in [2.05, 4.69) is 5.32 Å². The summed E-state index contributed by atoms with van der Waals surface area (Å²) in [5.74, 6) is -1.15. The number of carbonyl (C=O) groups is 4. The molecule has 1 N–H and O–H groups in total. The van der Waals surface area contributed by atoms with Gasteiger partial charge in [-0.05, 0) is 38.5 Å². The van der Waals surface area contributed by atoms with Gasteiger partial charge in [-0.1, -0.05) is 42.5 Å². The van der Waals surface area contributed by atoms with Crippen molar-refractivity contribution in [1.29, 1.82) is 0 Å². The average molecular weight is 551 g/mol. The number of nitrogens with zero attached hydrogens (tertiary/aromatic N) is 3. The number of likely N-dealkylation sites (N-methyl/N-ethyl adjacent to an activating group) is 1. The van der Waals surface area contributed by atoms with Crippen LogP contribution in [-0.4, -0.2) is 95.9 Å². The van der Waals surface area contributed by atoms with E-state index in [0.717, 1.165) is 5.56 Å². The Morgan fingerprint density at radius 2 is 1.60 bits per heavy atom. The van der Waals surface area contributed by atoms with E-state index >= 15 is 0 Å². The molecule has 214 valence electrons. The molecule has 1 fully saturated rings. The Bertz CT molecular complexity index is 1200. The molecule has 2 aliphatic heterocycles. The van der Waals surface area contributed by atoms with Crippen molar-refractivity contribution in [2.75, 3.05) is 39.3 Å². The second-order valence-corrected chi connectivity index (χ2v) is 10.3. The van der Waals surface area contributed by atoms with E-state index in [-0.39, 0.29) is 55.7 Å². The molecule has 4 rings (SSSR count). The molecule has 4 amide bonds. The number of morpholine rings is 1. The Hall–Kier alpha value is -3.92. The molecule has 2 aromatic carbocycles. The van der Waals surface area contributed by atoms with Gasteiger partial charge in [0.25, 0.3) is 5.91 Å². The summed E-state index contributed by atoms with van der Waals surface area (Å²) in [4.78, 5) is 59.1. The van der Waals surface area contributed by atoms with Crippen LogP contribution in [0.4, 0.5) is 0 Å². The summed E-state index contributed by atoms with van der Waals surface area (Å²) in [6, 6.07) is 15.0. The summed E-state index contributed by atoms with van der Waals surface area (Å²) >= 11 is 0. The number of hydrogen-bond acceptors (Lipinski definition) is 6. The zero-order valence-electron chi connectivity index (χ0n) is 23.4. The number of carbonyl (C=O) groups excluding carboxylic acids is 4. The zero-order valence-corrected chi connectivity index (χ0v) is 23.4. The molecule has 0 bridgehead atoms. The second kappa shape index (κ2) is 13.4. The van der Waals surface area contributed by atoms with Crippen molar-refractivity contribution in [2.24, 2.45) is 0 Å². The van der Waals surface area contributed by atoms with Crippen molar-refractivity contribution in [3.8, 4) is 5.75 Å². The summed E-state index contributed by atoms with van der Waals surface area (Å²) in [7, 11) is 0. The summed E-state index contributed by atoms with van der Waals surface area (Å²) in [5, 5.41) is 2.81. The number of para-hydroxylation sites is 1. The van der Waals surface area contributed by atoms with Crippen molar-refractivity contribution in [1.82, 2.24) is 20.0 Å². The van der Waals surface area contributed by atoms with Gasteiger partial charge in [0.2, 0.25) is 17.7 Å². The van der Waals surface area contributed by atoms with E-state index < -0.39 is 17.9 Å². The monoisotopic (exact) mass is 550 g/mol. The standard InChI is InChI=1S/C30H38N4O6/c1-4-32-14-15-39-26-13-9-8-12-24(26)29(37)31-25(30(38)34-17-21(2)40-22(3)18-34)16-27(35)33(20-28(32)36)19-23-10-6-5-7-11-23/h5-13,21-22,25H,4,14-20H2,1-3H3,(H,31,37)/t21-,22+,25-/m0/s1. The van der Waals surface area contributed by atoms with Gasteiger partial charge in [0.05, 0.1) is 30.7 Å². The lowest BCUT2D eigenvalue weighted by molar-refractivity contribution is -0.148. The third-order valence-corrected chi connectivity index (χ3v) is 7.09. The molecule has 10 nitrogen and oxygen atoms in total. The summed E-state index contributed by atoms with van der Waals surface area (Å²) in [6.07, 6.45) is -0.655. The van der Waals surface area contributed by atoms with Gasteiger partial charge in [0.1, 0.15) is 24.9 Å². The van der Waals surface area contributed by atoms with Gasteiger partial charge < -0.3 is 29.5 Å². The number of benzene rings is 2. The number of fused-ring (bicyclic) bond motifs is 1. The van der Waals surface area contributed by atoms with Crippen LogP contribution in [0.15, 0.2) is 54.6 Å². The topological polar surface area (TPSA) is 108 Å². The molecule has 0 radical (unpaired) electrons. The van der Waals surface area contributed by atoms with Gasteiger partial charge in [-0.25, -0.2) is 0 Å². The Labute approximate surface area is 235 Å². The van der Waals surface area contributed by atoms with Crippen LogP contribution in [0.25, 0.3) is 0 Å². The van der Waals surface area contributed by atoms with Crippen LogP contribution in [0, 0.1) is 0 Å². The molecule has 10 heteroatoms. The molecular formula is C30H38N4O6. The van der Waals surface area contributed by atoms with Crippen LogP contribution >= 0.6 is 0 Å². The van der Waals surface area contributed by atoms with E-state index in [9.17, 15) is 19.2 Å². The summed E-state index contributed by atoms with van der Waals surface area (Å²) in [6.45, 7) is 7.27. The first kappa shape index (κ1) is 29.1. The molecule has 2 aromatic rings. The minimum Gasteiger partial charge on any atom is -0.491 e. The maximum absolute atomic E-state index is 13.8. The smallest absolute Gasteiger partial charge is 0.255 e. The number of ether oxygens (including phenoxy) is 2. The molecule has 0 aromatic heterocycles. The number of nitrogens with one attached hydrogen (secondary N) is 1. The van der Waals surface area contributed by atoms with Gasteiger partial charge in [-0.15, -0.1) is 0 Å². The first-order valence-electron chi connectivity index (χ1n) is 13.8. The second-order valence-electron chi connectivity index (χ2n) is 10.3. The molecule has 0 aliphatic carbocycles. The number of hydrogen-bond donors (Lipinski definition) is 1. The average Bonchev–Trinajstić information content (AvgIpc) is 2.94. The lowest BCUT2D eigenvalue weighted by atomic mass is 10.1. The Morgan fingerprint density at radius 3 is 2.30 bits per heavy atom. The van der Waals surface area contributed by atoms with Crippen LogP contribution in [-0.2, 0) is 25.7 Å². The molecule has 0 unspecified atom stereocenters. The van der Waals surface area contributed by atoms with Gasteiger partial charge in [-0.2, -0.15) is 0 Å². The van der Waals surface area contributed by atoms with Crippen molar-refractivity contribution in [3.63, 3.8) is 0 Å². The highest BCUT2D eigenvalue weighted by Crippen LogP contribution is 2.20. The molecule has 3 atom stereocenters. The van der Waals surface area contributed by atoms with Gasteiger partial charge in [0, 0.05) is 26.2 Å². The SMILES string of the molecule is CCN1CCOc2ccccc2C(=O)N[C@H](C(=O)N2C[C@@H](C)O[C@@H](C)C2)CC(=O)N(Cc2ccccc2)CC1=O. The first-order valence-corrected chi connectivity index (χ1v) is 13.8. The van der Waals surface area contributed by atoms with Crippen molar-refractivity contribution < 1.29 is 28.7 Å². The van der Waals surface area contributed by atoms with Crippen molar-refractivity contribution in [3.05, 3.63) is 65.7 Å². The predicted molar refractivity (Wildman–Crippen MR) is 149 cm³/mol. The van der Waals surface area contributed by atoms with E-state index in [1.807, 2.05) is 51.1 Å². The van der Waals surface area contributed by atoms with Crippen LogP contribution in [0.2, 0.25) is 0 Å². The quantitative estimate of drug-likeness (QED) is 0.625. The van der Waals surface area contributed by atoms with Crippen molar-refractivity contribution in [2.45, 2.75) is 52.0 Å². The molecule has 2 heterocycles. The lowest BCUT2D eigenvalue weighted by Gasteiger charge is -2.37. The van der Waals surface area contributed by atoms with Crippen LogP contribution in [0.5, 0.6) is 5.75 Å². The minimum atomic E-state index is -1.14. The third-order valence-electron chi connectivity index (χ3n) is 7.09. The molecule has 0 spiro atoms. The highest BCUT2D eigenvalue weighted by atomic mass is 16.5. The molecule has 0 saturated carbocycles. The van der Waals surface area contributed by atoms with Gasteiger partial charge in [-0.3, -0.25) is 19.2 Å². The Balaban J connectivity index is 1.68. The van der Waals surface area contributed by atoms with Crippen LogP contribution < -0.4 is 10.1 Å². The van der Waals surface area contributed by atoms with Crippen molar-refractivity contribution >= 4 is 23.6 Å². The molecule has 2 aliphatic rings. The Morgan fingerprint density at radius 1 is 0.925 bits per heavy atom.